The topological polar surface area (TPSA) is 96.6 Å². The lowest BCUT2D eigenvalue weighted by Crippen LogP contribution is -2.32. The predicted molar refractivity (Wildman–Crippen MR) is 138 cm³/mol. The Balaban J connectivity index is 0.000000427. The lowest BCUT2D eigenvalue weighted by molar-refractivity contribution is -0.274. The monoisotopic (exact) mass is 534 g/mol. The molecule has 1 aromatic heterocycles. The SMILES string of the molecule is CC1CCC[C@@H](C)C1.COC(=O)CN(C)C(=O)c1ccc2nc(Nc3ccc(OC(F)(F)F)cc3)[nH]c2c1. The number of aromatic nitrogens is 2. The molecular weight excluding hydrogens is 501 g/mol. The van der Waals surface area contributed by atoms with Crippen LogP contribution >= 0.6 is 0 Å². The lowest BCUT2D eigenvalue weighted by Gasteiger charge is -2.22. The summed E-state index contributed by atoms with van der Waals surface area (Å²) >= 11 is 0. The number of imidazole rings is 1. The number of benzene rings is 2. The number of amides is 1. The number of aromatic amines is 1. The van der Waals surface area contributed by atoms with Gasteiger partial charge in [-0.15, -0.1) is 13.2 Å². The van der Waals surface area contributed by atoms with Crippen LogP contribution in [0.1, 0.15) is 49.9 Å². The Morgan fingerprint density at radius 1 is 1.11 bits per heavy atom. The lowest BCUT2D eigenvalue weighted by atomic mass is 9.84. The number of hydrogen-bond donors (Lipinski definition) is 2. The van der Waals surface area contributed by atoms with E-state index in [9.17, 15) is 22.8 Å². The minimum atomic E-state index is -4.76. The number of carbonyl (C=O) groups excluding carboxylic acids is 2. The largest absolute Gasteiger partial charge is 0.573 e. The average molecular weight is 535 g/mol. The van der Waals surface area contributed by atoms with Gasteiger partial charge in [0.2, 0.25) is 5.95 Å². The fourth-order valence-electron chi connectivity index (χ4n) is 4.37. The number of H-pyrrole nitrogens is 1. The van der Waals surface area contributed by atoms with Gasteiger partial charge in [0, 0.05) is 18.3 Å². The molecule has 0 bridgehead atoms. The van der Waals surface area contributed by atoms with E-state index in [4.69, 9.17) is 0 Å². The molecule has 1 amide bonds. The second-order valence-corrected chi connectivity index (χ2v) is 9.63. The second-order valence-electron chi connectivity index (χ2n) is 9.63. The summed E-state index contributed by atoms with van der Waals surface area (Å²) in [6, 6.07) is 9.96. The number of alkyl halides is 3. The molecule has 1 saturated carbocycles. The number of likely N-dealkylation sites (N-methyl/N-ethyl adjacent to an activating group) is 1. The molecule has 11 heteroatoms. The van der Waals surface area contributed by atoms with Gasteiger partial charge in [-0.3, -0.25) is 9.59 Å². The highest BCUT2D eigenvalue weighted by molar-refractivity contribution is 5.98. The second kappa shape index (κ2) is 12.7. The maximum Gasteiger partial charge on any atom is 0.573 e. The molecule has 38 heavy (non-hydrogen) atoms. The number of fused-ring (bicyclic) bond motifs is 1. The van der Waals surface area contributed by atoms with Crippen molar-refractivity contribution >= 4 is 34.5 Å². The van der Waals surface area contributed by atoms with Crippen LogP contribution in [0.2, 0.25) is 0 Å². The van der Waals surface area contributed by atoms with Crippen molar-refractivity contribution in [3.05, 3.63) is 48.0 Å². The van der Waals surface area contributed by atoms with Gasteiger partial charge >= 0.3 is 12.3 Å². The first-order valence-electron chi connectivity index (χ1n) is 12.4. The van der Waals surface area contributed by atoms with Gasteiger partial charge in [0.15, 0.2) is 0 Å². The highest BCUT2D eigenvalue weighted by Gasteiger charge is 2.31. The van der Waals surface area contributed by atoms with Crippen LogP contribution in [-0.2, 0) is 9.53 Å². The molecule has 2 aromatic carbocycles. The fourth-order valence-corrected chi connectivity index (χ4v) is 4.37. The molecule has 8 nitrogen and oxygen atoms in total. The van der Waals surface area contributed by atoms with Crippen LogP contribution < -0.4 is 10.1 Å². The van der Waals surface area contributed by atoms with Crippen molar-refractivity contribution in [2.75, 3.05) is 26.0 Å². The maximum atomic E-state index is 12.4. The van der Waals surface area contributed by atoms with E-state index >= 15 is 0 Å². The van der Waals surface area contributed by atoms with Crippen molar-refractivity contribution in [2.24, 2.45) is 11.8 Å². The Bertz CT molecular complexity index is 1220. The third-order valence-corrected chi connectivity index (χ3v) is 6.22. The molecule has 0 radical (unpaired) electrons. The molecular formula is C27H33F3N4O4. The van der Waals surface area contributed by atoms with Crippen LogP contribution in [-0.4, -0.2) is 53.8 Å². The number of ether oxygens (including phenoxy) is 2. The predicted octanol–water partition coefficient (Wildman–Crippen LogP) is 6.28. The summed E-state index contributed by atoms with van der Waals surface area (Å²) in [5.41, 5.74) is 1.96. The van der Waals surface area contributed by atoms with Gasteiger partial charge < -0.3 is 24.7 Å². The number of anilines is 2. The molecule has 1 aliphatic rings. The molecule has 1 fully saturated rings. The van der Waals surface area contributed by atoms with Crippen molar-refractivity contribution < 1.29 is 32.2 Å². The summed E-state index contributed by atoms with van der Waals surface area (Å²) in [5, 5.41) is 2.93. The van der Waals surface area contributed by atoms with E-state index < -0.39 is 12.3 Å². The first kappa shape index (κ1) is 28.8. The number of esters is 1. The van der Waals surface area contributed by atoms with Gasteiger partial charge in [0.25, 0.3) is 5.91 Å². The van der Waals surface area contributed by atoms with Gasteiger partial charge in [-0.2, -0.15) is 0 Å². The summed E-state index contributed by atoms with van der Waals surface area (Å²) in [4.78, 5) is 32.3. The van der Waals surface area contributed by atoms with Crippen molar-refractivity contribution in [1.82, 2.24) is 14.9 Å². The molecule has 206 valence electrons. The number of nitrogens with zero attached hydrogens (tertiary/aromatic N) is 2. The summed E-state index contributed by atoms with van der Waals surface area (Å²) < 4.78 is 45.0. The van der Waals surface area contributed by atoms with Crippen LogP contribution in [0, 0.1) is 11.8 Å². The Morgan fingerprint density at radius 3 is 2.32 bits per heavy atom. The molecule has 2 N–H and O–H groups in total. The number of methoxy groups -OCH3 is 1. The smallest absolute Gasteiger partial charge is 0.468 e. The molecule has 1 aliphatic carbocycles. The zero-order valence-corrected chi connectivity index (χ0v) is 21.9. The van der Waals surface area contributed by atoms with Crippen LogP contribution in [0.15, 0.2) is 42.5 Å². The number of nitrogens with one attached hydrogen (secondary N) is 2. The molecule has 0 aliphatic heterocycles. The molecule has 1 unspecified atom stereocenters. The number of halogens is 3. The number of rotatable bonds is 6. The molecule has 0 spiro atoms. The third-order valence-electron chi connectivity index (χ3n) is 6.22. The Labute approximate surface area is 219 Å². The number of hydrogen-bond acceptors (Lipinski definition) is 6. The van der Waals surface area contributed by atoms with Crippen molar-refractivity contribution in [2.45, 2.75) is 45.9 Å². The standard InChI is InChI=1S/C19H17F3N4O4.C8H16/c1-26(10-16(27)29-2)17(28)11-3-8-14-15(9-11)25-18(24-14)23-12-4-6-13(7-5-12)30-19(20,21)22;1-7-4-3-5-8(2)6-7/h3-9H,10H2,1-2H3,(H2,23,24,25);7-8H,3-6H2,1-2H3/t;7-,8?/m.1/s1. The summed E-state index contributed by atoms with van der Waals surface area (Å²) in [6.07, 6.45) is 1.14. The normalized spacial score (nSPS) is 17.2. The molecule has 4 rings (SSSR count). The van der Waals surface area contributed by atoms with Gasteiger partial charge in [-0.25, -0.2) is 4.98 Å². The third kappa shape index (κ3) is 8.67. The van der Waals surface area contributed by atoms with E-state index in [1.807, 2.05) is 0 Å². The average Bonchev–Trinajstić information content (AvgIpc) is 3.25. The summed E-state index contributed by atoms with van der Waals surface area (Å²) in [6.45, 7) is 4.56. The Morgan fingerprint density at radius 2 is 1.76 bits per heavy atom. The van der Waals surface area contributed by atoms with E-state index in [1.54, 1.807) is 18.2 Å². The Hall–Kier alpha value is -3.76. The molecule has 1 heterocycles. The molecule has 0 saturated heterocycles. The van der Waals surface area contributed by atoms with E-state index in [-0.39, 0.29) is 18.2 Å². The maximum absolute atomic E-state index is 12.4. The first-order valence-corrected chi connectivity index (χ1v) is 12.4. The highest BCUT2D eigenvalue weighted by atomic mass is 19.4. The Kier molecular flexibility index (Phi) is 9.60. The van der Waals surface area contributed by atoms with Crippen LogP contribution in [0.3, 0.4) is 0 Å². The quantitative estimate of drug-likeness (QED) is 0.361. The fraction of sp³-hybridized carbons (Fsp3) is 0.444. The van der Waals surface area contributed by atoms with Crippen molar-refractivity contribution in [1.29, 1.82) is 0 Å². The highest BCUT2D eigenvalue weighted by Crippen LogP contribution is 2.28. The molecule has 2 atom stereocenters. The first-order chi connectivity index (χ1) is 17.9. The molecule has 3 aromatic rings. The van der Waals surface area contributed by atoms with E-state index in [1.165, 1.54) is 69.0 Å². The van der Waals surface area contributed by atoms with Gasteiger partial charge in [-0.05, 0) is 60.7 Å². The van der Waals surface area contributed by atoms with Crippen LogP contribution in [0.25, 0.3) is 11.0 Å². The zero-order chi connectivity index (χ0) is 27.9. The van der Waals surface area contributed by atoms with Crippen LogP contribution in [0.5, 0.6) is 5.75 Å². The van der Waals surface area contributed by atoms with E-state index in [0.29, 0.717) is 28.2 Å². The minimum Gasteiger partial charge on any atom is -0.468 e. The van der Waals surface area contributed by atoms with Gasteiger partial charge in [0.05, 0.1) is 18.1 Å². The minimum absolute atomic E-state index is 0.183. The summed E-state index contributed by atoms with van der Waals surface area (Å²) in [5.74, 6) is 1.12. The van der Waals surface area contributed by atoms with E-state index in [0.717, 1.165) is 11.8 Å². The number of carbonyl (C=O) groups is 2. The summed E-state index contributed by atoms with van der Waals surface area (Å²) in [7, 11) is 2.72. The van der Waals surface area contributed by atoms with Crippen LogP contribution in [0.4, 0.5) is 24.8 Å². The van der Waals surface area contributed by atoms with Gasteiger partial charge in [0.1, 0.15) is 12.3 Å². The van der Waals surface area contributed by atoms with Crippen molar-refractivity contribution in [3.8, 4) is 5.75 Å². The van der Waals surface area contributed by atoms with Gasteiger partial charge in [-0.1, -0.05) is 33.1 Å². The van der Waals surface area contributed by atoms with E-state index in [2.05, 4.69) is 38.6 Å². The zero-order valence-electron chi connectivity index (χ0n) is 21.9. The van der Waals surface area contributed by atoms with Crippen molar-refractivity contribution in [3.63, 3.8) is 0 Å².